The summed E-state index contributed by atoms with van der Waals surface area (Å²) in [4.78, 5) is 0. The topological polar surface area (TPSA) is 13.1 Å². The quantitative estimate of drug-likeness (QED) is 0.547. The molecule has 0 bridgehead atoms. The molecule has 1 aromatic heterocycles. The summed E-state index contributed by atoms with van der Waals surface area (Å²) in [7, 11) is 3.71. The van der Waals surface area contributed by atoms with Crippen molar-refractivity contribution in [2.75, 3.05) is 7.11 Å². The lowest BCUT2D eigenvalue weighted by Crippen LogP contribution is -2.32. The van der Waals surface area contributed by atoms with Crippen molar-refractivity contribution < 1.29 is 9.30 Å². The smallest absolute Gasteiger partial charge is 0.207 e. The molecule has 2 heteroatoms. The van der Waals surface area contributed by atoms with Crippen molar-refractivity contribution in [3.05, 3.63) is 30.1 Å². The number of hydrogen-bond donors (Lipinski definition) is 0. The summed E-state index contributed by atoms with van der Waals surface area (Å²) in [6.45, 7) is 0.678. The normalized spacial score (nSPS) is 9.80. The van der Waals surface area contributed by atoms with Crippen molar-refractivity contribution in [3.8, 4) is 0 Å². The van der Waals surface area contributed by atoms with E-state index in [1.807, 2.05) is 36.0 Å². The van der Waals surface area contributed by atoms with E-state index in [1.54, 1.807) is 7.11 Å². The van der Waals surface area contributed by atoms with Crippen LogP contribution in [0, 0.1) is 0 Å². The molecule has 2 nitrogen and oxygen atoms in total. The Kier molecular flexibility index (Phi) is 2.40. The van der Waals surface area contributed by atoms with E-state index in [-0.39, 0.29) is 0 Å². The lowest BCUT2D eigenvalue weighted by atomic mass is 10.3. The molecule has 0 aliphatic rings. The molecular weight excluding hydrogens is 126 g/mol. The summed E-state index contributed by atoms with van der Waals surface area (Å²) < 4.78 is 7.03. The Bertz CT molecular complexity index is 210. The maximum atomic E-state index is 4.99. The molecule has 0 atom stereocenters. The Hall–Kier alpha value is -0.890. The van der Waals surface area contributed by atoms with Gasteiger partial charge in [0.05, 0.1) is 0 Å². The van der Waals surface area contributed by atoms with Crippen LogP contribution in [0.3, 0.4) is 0 Å². The molecule has 1 aromatic rings. The number of nitrogens with zero attached hydrogens (tertiary/aromatic N) is 1. The lowest BCUT2D eigenvalue weighted by molar-refractivity contribution is -0.681. The Labute approximate surface area is 61.1 Å². The Morgan fingerprint density at radius 2 is 2.30 bits per heavy atom. The van der Waals surface area contributed by atoms with E-state index in [1.165, 1.54) is 5.69 Å². The Balaban J connectivity index is 2.81. The maximum absolute atomic E-state index is 4.99. The largest absolute Gasteiger partial charge is 0.374 e. The van der Waals surface area contributed by atoms with E-state index in [4.69, 9.17) is 4.74 Å². The molecule has 0 fully saturated rings. The van der Waals surface area contributed by atoms with Crippen LogP contribution in [0.5, 0.6) is 0 Å². The highest BCUT2D eigenvalue weighted by atomic mass is 16.5. The predicted molar refractivity (Wildman–Crippen MR) is 38.3 cm³/mol. The fourth-order valence-corrected chi connectivity index (χ4v) is 0.857. The van der Waals surface area contributed by atoms with Gasteiger partial charge in [-0.1, -0.05) is 6.07 Å². The van der Waals surface area contributed by atoms with E-state index in [0.717, 1.165) is 0 Å². The third-order valence-electron chi connectivity index (χ3n) is 1.45. The Morgan fingerprint density at radius 3 is 2.90 bits per heavy atom. The highest BCUT2D eigenvalue weighted by molar-refractivity contribution is 4.95. The zero-order chi connectivity index (χ0) is 7.40. The van der Waals surface area contributed by atoms with Crippen molar-refractivity contribution in [2.45, 2.75) is 6.61 Å². The highest BCUT2D eigenvalue weighted by Crippen LogP contribution is 1.90. The molecule has 0 saturated carbocycles. The van der Waals surface area contributed by atoms with Gasteiger partial charge in [-0.15, -0.1) is 0 Å². The summed E-state index contributed by atoms with van der Waals surface area (Å²) in [5, 5.41) is 0. The number of hydrogen-bond acceptors (Lipinski definition) is 1. The van der Waals surface area contributed by atoms with E-state index in [9.17, 15) is 0 Å². The minimum Gasteiger partial charge on any atom is -0.374 e. The first kappa shape index (κ1) is 7.22. The number of pyridine rings is 1. The molecule has 0 unspecified atom stereocenters. The van der Waals surface area contributed by atoms with Gasteiger partial charge in [-0.3, -0.25) is 0 Å². The number of aromatic nitrogens is 1. The average Bonchev–Trinajstić information content (AvgIpc) is 1.94. The molecule has 0 aliphatic carbocycles. The van der Waals surface area contributed by atoms with E-state index in [2.05, 4.69) is 0 Å². The van der Waals surface area contributed by atoms with Crippen LogP contribution >= 0.6 is 0 Å². The summed E-state index contributed by atoms with van der Waals surface area (Å²) in [5.41, 5.74) is 1.19. The fourth-order valence-electron chi connectivity index (χ4n) is 0.857. The van der Waals surface area contributed by atoms with Gasteiger partial charge in [0, 0.05) is 19.2 Å². The molecule has 0 amide bonds. The zero-order valence-electron chi connectivity index (χ0n) is 6.37. The fraction of sp³-hybridized carbons (Fsp3) is 0.375. The zero-order valence-corrected chi connectivity index (χ0v) is 6.37. The molecular formula is C8H12NO+. The molecule has 0 aliphatic heterocycles. The predicted octanol–water partition coefficient (Wildman–Crippen LogP) is 0.658. The molecule has 54 valence electrons. The van der Waals surface area contributed by atoms with Crippen LogP contribution in [-0.2, 0) is 18.4 Å². The van der Waals surface area contributed by atoms with E-state index in [0.29, 0.717) is 6.61 Å². The summed E-state index contributed by atoms with van der Waals surface area (Å²) in [6, 6.07) is 6.05. The first-order valence-corrected chi connectivity index (χ1v) is 3.27. The second-order valence-electron chi connectivity index (χ2n) is 2.24. The standard InChI is InChI=1S/C8H12NO/c1-9-6-4-3-5-8(9)7-10-2/h3-6H,7H2,1-2H3/q+1. The van der Waals surface area contributed by atoms with Crippen LogP contribution < -0.4 is 4.57 Å². The summed E-state index contributed by atoms with van der Waals surface area (Å²) in [5.74, 6) is 0. The molecule has 0 N–H and O–H groups in total. The van der Waals surface area contributed by atoms with Gasteiger partial charge in [-0.05, 0) is 0 Å². The molecule has 10 heavy (non-hydrogen) atoms. The molecule has 0 radical (unpaired) electrons. The van der Waals surface area contributed by atoms with Crippen LogP contribution in [0.1, 0.15) is 5.69 Å². The van der Waals surface area contributed by atoms with Crippen LogP contribution in [0.2, 0.25) is 0 Å². The molecule has 1 rings (SSSR count). The molecule has 0 aromatic carbocycles. The van der Waals surface area contributed by atoms with Gasteiger partial charge in [0.15, 0.2) is 6.20 Å². The SMILES string of the molecule is COCc1cccc[n+]1C. The van der Waals surface area contributed by atoms with E-state index < -0.39 is 0 Å². The van der Waals surface area contributed by atoms with Gasteiger partial charge < -0.3 is 4.74 Å². The van der Waals surface area contributed by atoms with Crippen LogP contribution in [0.25, 0.3) is 0 Å². The van der Waals surface area contributed by atoms with Gasteiger partial charge in [-0.2, -0.15) is 0 Å². The van der Waals surface area contributed by atoms with Gasteiger partial charge in [0.2, 0.25) is 5.69 Å². The number of ether oxygens (including phenoxy) is 1. The summed E-state index contributed by atoms with van der Waals surface area (Å²) in [6.07, 6.45) is 2.01. The minimum atomic E-state index is 0.678. The van der Waals surface area contributed by atoms with Crippen molar-refractivity contribution in [2.24, 2.45) is 7.05 Å². The first-order chi connectivity index (χ1) is 4.84. The molecule has 0 spiro atoms. The number of methoxy groups -OCH3 is 1. The van der Waals surface area contributed by atoms with Crippen molar-refractivity contribution in [1.82, 2.24) is 0 Å². The minimum absolute atomic E-state index is 0.678. The first-order valence-electron chi connectivity index (χ1n) is 3.27. The lowest BCUT2D eigenvalue weighted by Gasteiger charge is -1.95. The second-order valence-corrected chi connectivity index (χ2v) is 2.24. The molecule has 1 heterocycles. The monoisotopic (exact) mass is 138 g/mol. The van der Waals surface area contributed by atoms with Crippen molar-refractivity contribution in [1.29, 1.82) is 0 Å². The van der Waals surface area contributed by atoms with Crippen LogP contribution in [0.15, 0.2) is 24.4 Å². The third-order valence-corrected chi connectivity index (χ3v) is 1.45. The summed E-state index contributed by atoms with van der Waals surface area (Å²) >= 11 is 0. The van der Waals surface area contributed by atoms with Gasteiger partial charge in [0.1, 0.15) is 13.7 Å². The number of aryl methyl sites for hydroxylation is 1. The van der Waals surface area contributed by atoms with Crippen LogP contribution in [-0.4, -0.2) is 7.11 Å². The van der Waals surface area contributed by atoms with Gasteiger partial charge in [-0.25, -0.2) is 4.57 Å². The average molecular weight is 138 g/mol. The number of rotatable bonds is 2. The highest BCUT2D eigenvalue weighted by Gasteiger charge is 2.01. The van der Waals surface area contributed by atoms with Crippen molar-refractivity contribution >= 4 is 0 Å². The second kappa shape index (κ2) is 3.32. The van der Waals surface area contributed by atoms with Gasteiger partial charge >= 0.3 is 0 Å². The van der Waals surface area contributed by atoms with Gasteiger partial charge in [0.25, 0.3) is 0 Å². The van der Waals surface area contributed by atoms with Crippen molar-refractivity contribution in [3.63, 3.8) is 0 Å². The maximum Gasteiger partial charge on any atom is 0.207 e. The van der Waals surface area contributed by atoms with Crippen LogP contribution in [0.4, 0.5) is 0 Å². The third kappa shape index (κ3) is 1.54. The Morgan fingerprint density at radius 1 is 1.50 bits per heavy atom. The molecule has 0 saturated heterocycles. The van der Waals surface area contributed by atoms with E-state index >= 15 is 0 Å².